The zero-order valence-corrected chi connectivity index (χ0v) is 25.4. The largest absolute Gasteiger partial charge is 0.379 e. The average Bonchev–Trinajstić information content (AvgIpc) is 3.06. The molecular formula is C29H39N11O6. The van der Waals surface area contributed by atoms with Crippen LogP contribution in [0.5, 0.6) is 0 Å². The van der Waals surface area contributed by atoms with Crippen molar-refractivity contribution in [2.75, 3.05) is 95.4 Å². The van der Waals surface area contributed by atoms with Crippen LogP contribution >= 0.6 is 0 Å². The maximum absolute atomic E-state index is 12.4. The van der Waals surface area contributed by atoms with Gasteiger partial charge in [-0.25, -0.2) is 0 Å². The first-order valence-corrected chi connectivity index (χ1v) is 14.6. The topological polar surface area (TPSA) is 233 Å². The Labute approximate surface area is 266 Å². The molecule has 0 radical (unpaired) electrons. The van der Waals surface area contributed by atoms with E-state index < -0.39 is 0 Å². The summed E-state index contributed by atoms with van der Waals surface area (Å²) in [5.41, 5.74) is 15.8. The van der Waals surface area contributed by atoms with Gasteiger partial charge in [0.2, 0.25) is 17.8 Å². The van der Waals surface area contributed by atoms with E-state index >= 15 is 0 Å². The van der Waals surface area contributed by atoms with Crippen molar-refractivity contribution in [3.63, 3.8) is 0 Å². The Bertz CT molecular complexity index is 1380. The Kier molecular flexibility index (Phi) is 16.6. The van der Waals surface area contributed by atoms with Gasteiger partial charge in [-0.15, -0.1) is 0 Å². The summed E-state index contributed by atoms with van der Waals surface area (Å²) in [5, 5.41) is 15.0. The van der Waals surface area contributed by atoms with Gasteiger partial charge in [-0.1, -0.05) is 23.3 Å². The Hall–Kier alpha value is -5.06. The predicted molar refractivity (Wildman–Crippen MR) is 171 cm³/mol. The molecule has 0 fully saturated rings. The van der Waals surface area contributed by atoms with Crippen molar-refractivity contribution >= 4 is 35.3 Å². The SMILES string of the molecule is [N-]=[N+]=NCCOCCOCCNC(=O)c1ccc(Nc2nc(N)nc(NCCOCCOCCNC(=O)c3ccccc3)n2)cc1. The minimum absolute atomic E-state index is 0.0339. The summed E-state index contributed by atoms with van der Waals surface area (Å²) >= 11 is 0. The average molecular weight is 638 g/mol. The van der Waals surface area contributed by atoms with Crippen LogP contribution in [0.2, 0.25) is 0 Å². The molecule has 3 aromatic rings. The maximum Gasteiger partial charge on any atom is 0.251 e. The highest BCUT2D eigenvalue weighted by Gasteiger charge is 2.08. The lowest BCUT2D eigenvalue weighted by molar-refractivity contribution is 0.0511. The van der Waals surface area contributed by atoms with E-state index in [1.807, 2.05) is 18.2 Å². The van der Waals surface area contributed by atoms with Gasteiger partial charge in [0.15, 0.2) is 0 Å². The Morgan fingerprint density at radius 2 is 1.24 bits per heavy atom. The smallest absolute Gasteiger partial charge is 0.251 e. The summed E-state index contributed by atoms with van der Waals surface area (Å²) in [4.78, 5) is 39.5. The summed E-state index contributed by atoms with van der Waals surface area (Å²) in [5.74, 6) is 0.174. The Morgan fingerprint density at radius 3 is 1.85 bits per heavy atom. The molecule has 0 aliphatic heterocycles. The maximum atomic E-state index is 12.4. The normalized spacial score (nSPS) is 10.5. The number of rotatable bonds is 23. The molecule has 0 aliphatic rings. The Balaban J connectivity index is 1.25. The number of ether oxygens (including phenoxy) is 4. The summed E-state index contributed by atoms with van der Waals surface area (Å²) in [6.07, 6.45) is 0. The predicted octanol–water partition coefficient (Wildman–Crippen LogP) is 2.15. The second-order valence-electron chi connectivity index (χ2n) is 9.25. The van der Waals surface area contributed by atoms with E-state index in [0.717, 1.165) is 0 Å². The van der Waals surface area contributed by atoms with Gasteiger partial charge in [-0.3, -0.25) is 9.59 Å². The van der Waals surface area contributed by atoms with Crippen LogP contribution in [0.3, 0.4) is 0 Å². The molecule has 0 unspecified atom stereocenters. The van der Waals surface area contributed by atoms with Crippen LogP contribution in [-0.4, -0.2) is 106 Å². The van der Waals surface area contributed by atoms with E-state index in [-0.39, 0.29) is 36.2 Å². The van der Waals surface area contributed by atoms with Crippen molar-refractivity contribution in [2.24, 2.45) is 5.11 Å². The molecule has 0 saturated carbocycles. The molecule has 0 spiro atoms. The minimum Gasteiger partial charge on any atom is -0.379 e. The monoisotopic (exact) mass is 637 g/mol. The number of amides is 2. The summed E-state index contributed by atoms with van der Waals surface area (Å²) in [6, 6.07) is 15.8. The highest BCUT2D eigenvalue weighted by atomic mass is 16.5. The van der Waals surface area contributed by atoms with Crippen LogP contribution in [-0.2, 0) is 18.9 Å². The van der Waals surface area contributed by atoms with E-state index in [2.05, 4.69) is 46.2 Å². The molecule has 0 saturated heterocycles. The third kappa shape index (κ3) is 14.6. The number of nitrogen functional groups attached to an aromatic ring is 1. The van der Waals surface area contributed by atoms with Gasteiger partial charge in [0.05, 0.1) is 52.9 Å². The number of aromatic nitrogens is 3. The fraction of sp³-hybridized carbons (Fsp3) is 0.414. The quantitative estimate of drug-likeness (QED) is 0.0435. The van der Waals surface area contributed by atoms with Crippen LogP contribution in [0.4, 0.5) is 23.5 Å². The zero-order valence-electron chi connectivity index (χ0n) is 25.4. The standard InChI is InChI=1S/C29H39N11O6/c30-27-37-28(34-12-16-45-19-18-43-14-10-32-25(41)22-4-2-1-3-5-22)39-29(38-27)36-24-8-6-23(7-9-24)26(42)33-11-15-44-20-21-46-17-13-35-40-31/h1-9H,10-21H2,(H,32,41)(H,33,42)(H4,30,34,36,37,38,39). The number of carbonyl (C=O) groups excluding carboxylic acids is 2. The van der Waals surface area contributed by atoms with Crippen LogP contribution in [0.15, 0.2) is 59.7 Å². The van der Waals surface area contributed by atoms with E-state index in [0.29, 0.717) is 89.3 Å². The molecule has 0 aliphatic carbocycles. The lowest BCUT2D eigenvalue weighted by atomic mass is 10.2. The van der Waals surface area contributed by atoms with Gasteiger partial charge in [0.1, 0.15) is 0 Å². The van der Waals surface area contributed by atoms with Gasteiger partial charge in [0, 0.05) is 47.9 Å². The van der Waals surface area contributed by atoms with Gasteiger partial charge < -0.3 is 45.9 Å². The molecule has 2 aromatic carbocycles. The highest BCUT2D eigenvalue weighted by Crippen LogP contribution is 2.16. The summed E-state index contributed by atoms with van der Waals surface area (Å²) in [6.45, 7) is 4.41. The summed E-state index contributed by atoms with van der Waals surface area (Å²) in [7, 11) is 0. The van der Waals surface area contributed by atoms with Crippen LogP contribution < -0.4 is 27.0 Å². The number of benzene rings is 2. The van der Waals surface area contributed by atoms with Crippen molar-refractivity contribution in [2.45, 2.75) is 0 Å². The number of carbonyl (C=O) groups is 2. The molecule has 17 nitrogen and oxygen atoms in total. The van der Waals surface area contributed by atoms with Crippen molar-refractivity contribution in [3.8, 4) is 0 Å². The van der Waals surface area contributed by atoms with Crippen LogP contribution in [0, 0.1) is 0 Å². The highest BCUT2D eigenvalue weighted by molar-refractivity contribution is 5.94. The van der Waals surface area contributed by atoms with E-state index in [4.69, 9.17) is 30.2 Å². The van der Waals surface area contributed by atoms with Crippen LogP contribution in [0.1, 0.15) is 20.7 Å². The number of anilines is 4. The molecule has 246 valence electrons. The zero-order chi connectivity index (χ0) is 32.7. The third-order valence-electron chi connectivity index (χ3n) is 5.83. The molecule has 1 aromatic heterocycles. The second-order valence-corrected chi connectivity index (χ2v) is 9.25. The molecule has 1 heterocycles. The van der Waals surface area contributed by atoms with Crippen molar-refractivity contribution in [3.05, 3.63) is 76.2 Å². The van der Waals surface area contributed by atoms with Gasteiger partial charge in [0.25, 0.3) is 11.8 Å². The van der Waals surface area contributed by atoms with Crippen LogP contribution in [0.25, 0.3) is 10.4 Å². The van der Waals surface area contributed by atoms with Gasteiger partial charge in [-0.2, -0.15) is 15.0 Å². The molecule has 0 bridgehead atoms. The number of azide groups is 1. The first-order valence-electron chi connectivity index (χ1n) is 14.6. The lowest BCUT2D eigenvalue weighted by Gasteiger charge is -2.10. The molecule has 3 rings (SSSR count). The van der Waals surface area contributed by atoms with E-state index in [1.165, 1.54) is 0 Å². The molecule has 17 heteroatoms. The number of hydrogen-bond donors (Lipinski definition) is 5. The number of nitrogens with one attached hydrogen (secondary N) is 4. The molecular weight excluding hydrogens is 598 g/mol. The fourth-order valence-electron chi connectivity index (χ4n) is 3.66. The van der Waals surface area contributed by atoms with Crippen molar-refractivity contribution in [1.82, 2.24) is 25.6 Å². The third-order valence-corrected chi connectivity index (χ3v) is 5.83. The van der Waals surface area contributed by atoms with E-state index in [9.17, 15) is 9.59 Å². The first-order chi connectivity index (χ1) is 22.5. The lowest BCUT2D eigenvalue weighted by Crippen LogP contribution is -2.27. The molecule has 6 N–H and O–H groups in total. The van der Waals surface area contributed by atoms with Crippen molar-refractivity contribution < 1.29 is 28.5 Å². The first kappa shape index (κ1) is 35.4. The molecule has 0 atom stereocenters. The number of nitrogens with zero attached hydrogens (tertiary/aromatic N) is 6. The van der Waals surface area contributed by atoms with E-state index in [1.54, 1.807) is 36.4 Å². The molecule has 46 heavy (non-hydrogen) atoms. The Morgan fingerprint density at radius 1 is 0.696 bits per heavy atom. The van der Waals surface area contributed by atoms with Gasteiger partial charge in [-0.05, 0) is 41.9 Å². The summed E-state index contributed by atoms with van der Waals surface area (Å²) < 4.78 is 21.7. The van der Waals surface area contributed by atoms with Crippen molar-refractivity contribution in [1.29, 1.82) is 0 Å². The minimum atomic E-state index is -0.238. The second kappa shape index (κ2) is 21.6. The molecule has 2 amide bonds. The number of nitrogens with two attached hydrogens (primary N) is 1. The number of hydrogen-bond acceptors (Lipinski definition) is 13. The van der Waals surface area contributed by atoms with Gasteiger partial charge >= 0.3 is 0 Å². The fourth-order valence-corrected chi connectivity index (χ4v) is 3.66.